The number of benzene rings is 2. The molecular formula is C23H30FN3O3S. The number of nitrogens with one attached hydrogen (secondary N) is 1. The minimum Gasteiger partial charge on any atom is -0.372 e. The number of rotatable bonds is 8. The van der Waals surface area contributed by atoms with Crippen molar-refractivity contribution in [1.82, 2.24) is 9.62 Å². The number of carbonyl (C=O) groups excluding carboxylic acids is 1. The maximum atomic E-state index is 13.9. The molecule has 1 amide bonds. The summed E-state index contributed by atoms with van der Waals surface area (Å²) in [5, 5.41) is 2.85. The summed E-state index contributed by atoms with van der Waals surface area (Å²) in [4.78, 5) is 14.9. The smallest absolute Gasteiger partial charge is 0.235 e. The molecule has 1 N–H and O–H groups in total. The maximum absolute atomic E-state index is 13.9. The minimum absolute atomic E-state index is 0.197. The number of hydrogen-bond acceptors (Lipinski definition) is 4. The molecule has 0 radical (unpaired) electrons. The van der Waals surface area contributed by atoms with Crippen molar-refractivity contribution < 1.29 is 17.6 Å². The van der Waals surface area contributed by atoms with E-state index in [2.05, 4.69) is 22.3 Å². The van der Waals surface area contributed by atoms with Crippen molar-refractivity contribution in [3.05, 3.63) is 65.5 Å². The summed E-state index contributed by atoms with van der Waals surface area (Å²) < 4.78 is 39.2. The first kappa shape index (κ1) is 23.2. The van der Waals surface area contributed by atoms with Crippen LogP contribution >= 0.6 is 0 Å². The molecule has 168 valence electrons. The molecule has 8 heteroatoms. The Hall–Kier alpha value is -2.45. The molecule has 0 saturated carbocycles. The standard InChI is InChI=1S/C23H30FN3O3S/c1-18(19-10-12-21(13-11-19)26-14-6-3-7-15-26)25-23(28)17-27(31(2,29)30)16-20-8-4-5-9-22(20)24/h4-5,8-13,18H,3,6-7,14-17H2,1-2H3,(H,25,28)/t18-/m0/s1. The van der Waals surface area contributed by atoms with Crippen molar-refractivity contribution in [2.24, 2.45) is 0 Å². The molecule has 1 saturated heterocycles. The van der Waals surface area contributed by atoms with Gasteiger partial charge in [-0.05, 0) is 49.9 Å². The fourth-order valence-corrected chi connectivity index (χ4v) is 4.49. The Bertz CT molecular complexity index is 989. The largest absolute Gasteiger partial charge is 0.372 e. The third-order valence-electron chi connectivity index (χ3n) is 5.59. The minimum atomic E-state index is -3.69. The van der Waals surface area contributed by atoms with Crippen LogP contribution in [0.1, 0.15) is 43.4 Å². The van der Waals surface area contributed by atoms with Gasteiger partial charge in [-0.1, -0.05) is 30.3 Å². The number of anilines is 1. The van der Waals surface area contributed by atoms with Gasteiger partial charge in [0.05, 0.1) is 18.8 Å². The van der Waals surface area contributed by atoms with E-state index in [1.807, 2.05) is 19.1 Å². The van der Waals surface area contributed by atoms with E-state index in [4.69, 9.17) is 0 Å². The molecule has 1 atom stereocenters. The van der Waals surface area contributed by atoms with Gasteiger partial charge in [-0.3, -0.25) is 4.79 Å². The quantitative estimate of drug-likeness (QED) is 0.673. The van der Waals surface area contributed by atoms with Crippen molar-refractivity contribution in [3.8, 4) is 0 Å². The van der Waals surface area contributed by atoms with Crippen LogP contribution in [0.15, 0.2) is 48.5 Å². The van der Waals surface area contributed by atoms with Gasteiger partial charge in [-0.2, -0.15) is 4.31 Å². The van der Waals surface area contributed by atoms with Gasteiger partial charge < -0.3 is 10.2 Å². The second-order valence-electron chi connectivity index (χ2n) is 8.05. The highest BCUT2D eigenvalue weighted by molar-refractivity contribution is 7.88. The molecule has 2 aromatic carbocycles. The molecule has 0 spiro atoms. The molecule has 0 aliphatic carbocycles. The van der Waals surface area contributed by atoms with Crippen LogP contribution < -0.4 is 10.2 Å². The van der Waals surface area contributed by atoms with Gasteiger partial charge in [0.1, 0.15) is 5.82 Å². The van der Waals surface area contributed by atoms with E-state index in [0.29, 0.717) is 0 Å². The highest BCUT2D eigenvalue weighted by atomic mass is 32.2. The summed E-state index contributed by atoms with van der Waals surface area (Å²) in [7, 11) is -3.69. The van der Waals surface area contributed by atoms with Gasteiger partial charge in [0, 0.05) is 30.9 Å². The first-order valence-electron chi connectivity index (χ1n) is 10.6. The Balaban J connectivity index is 1.61. The fraction of sp³-hybridized carbons (Fsp3) is 0.435. The summed E-state index contributed by atoms with van der Waals surface area (Å²) >= 11 is 0. The Morgan fingerprint density at radius 3 is 2.35 bits per heavy atom. The highest BCUT2D eigenvalue weighted by Gasteiger charge is 2.23. The highest BCUT2D eigenvalue weighted by Crippen LogP contribution is 2.22. The van der Waals surface area contributed by atoms with Crippen molar-refractivity contribution in [1.29, 1.82) is 0 Å². The molecular weight excluding hydrogens is 417 g/mol. The van der Waals surface area contributed by atoms with E-state index in [9.17, 15) is 17.6 Å². The Labute approximate surface area is 184 Å². The molecule has 3 rings (SSSR count). The molecule has 2 aromatic rings. The second-order valence-corrected chi connectivity index (χ2v) is 10.0. The second kappa shape index (κ2) is 10.2. The fourth-order valence-electron chi connectivity index (χ4n) is 3.76. The summed E-state index contributed by atoms with van der Waals surface area (Å²) in [6, 6.07) is 13.8. The van der Waals surface area contributed by atoms with E-state index in [-0.39, 0.29) is 24.7 Å². The summed E-state index contributed by atoms with van der Waals surface area (Å²) in [6.45, 7) is 3.42. The number of sulfonamides is 1. The van der Waals surface area contributed by atoms with E-state index in [1.165, 1.54) is 43.1 Å². The zero-order valence-corrected chi connectivity index (χ0v) is 18.9. The summed E-state index contributed by atoms with van der Waals surface area (Å²) in [5.74, 6) is -0.937. The predicted molar refractivity (Wildman–Crippen MR) is 121 cm³/mol. The molecule has 1 aliphatic heterocycles. The first-order chi connectivity index (χ1) is 14.7. The number of amides is 1. The molecule has 6 nitrogen and oxygen atoms in total. The lowest BCUT2D eigenvalue weighted by molar-refractivity contribution is -0.122. The lowest BCUT2D eigenvalue weighted by Gasteiger charge is -2.29. The number of carbonyl (C=O) groups is 1. The lowest BCUT2D eigenvalue weighted by Crippen LogP contribution is -2.40. The van der Waals surface area contributed by atoms with Gasteiger partial charge in [0.15, 0.2) is 0 Å². The Morgan fingerprint density at radius 2 is 1.74 bits per heavy atom. The van der Waals surface area contributed by atoms with Crippen LogP contribution in [0.25, 0.3) is 0 Å². The van der Waals surface area contributed by atoms with Gasteiger partial charge >= 0.3 is 0 Å². The molecule has 1 fully saturated rings. The monoisotopic (exact) mass is 447 g/mol. The van der Waals surface area contributed by atoms with Crippen LogP contribution in [-0.2, 0) is 21.4 Å². The molecule has 0 bridgehead atoms. The number of halogens is 1. The van der Waals surface area contributed by atoms with Crippen LogP contribution in [-0.4, -0.2) is 44.5 Å². The van der Waals surface area contributed by atoms with Crippen molar-refractivity contribution >= 4 is 21.6 Å². The van der Waals surface area contributed by atoms with Crippen LogP contribution in [0, 0.1) is 5.82 Å². The number of piperidine rings is 1. The van der Waals surface area contributed by atoms with E-state index in [0.717, 1.165) is 29.2 Å². The van der Waals surface area contributed by atoms with Gasteiger partial charge in [0.25, 0.3) is 0 Å². The Kier molecular flexibility index (Phi) is 7.67. The van der Waals surface area contributed by atoms with E-state index < -0.39 is 21.7 Å². The number of nitrogens with zero attached hydrogens (tertiary/aromatic N) is 2. The van der Waals surface area contributed by atoms with E-state index >= 15 is 0 Å². The first-order valence-corrected chi connectivity index (χ1v) is 12.4. The van der Waals surface area contributed by atoms with Crippen molar-refractivity contribution in [2.45, 2.75) is 38.8 Å². The van der Waals surface area contributed by atoms with Crippen molar-refractivity contribution in [3.63, 3.8) is 0 Å². The zero-order valence-electron chi connectivity index (χ0n) is 18.1. The average Bonchev–Trinajstić information content (AvgIpc) is 2.75. The zero-order chi connectivity index (χ0) is 22.4. The SMILES string of the molecule is C[C@H](NC(=O)CN(Cc1ccccc1F)S(C)(=O)=O)c1ccc(N2CCCCC2)cc1. The average molecular weight is 448 g/mol. The topological polar surface area (TPSA) is 69.7 Å². The van der Waals surface area contributed by atoms with E-state index in [1.54, 1.807) is 6.07 Å². The normalized spacial score (nSPS) is 15.7. The third kappa shape index (κ3) is 6.51. The molecule has 0 unspecified atom stereocenters. The van der Waals surface area contributed by atoms with Gasteiger partial charge in [-0.15, -0.1) is 0 Å². The summed E-state index contributed by atoms with van der Waals surface area (Å²) in [6.07, 6.45) is 4.71. The van der Waals surface area contributed by atoms with Crippen molar-refractivity contribution in [2.75, 3.05) is 30.8 Å². The van der Waals surface area contributed by atoms with Gasteiger partial charge in [0.2, 0.25) is 15.9 Å². The predicted octanol–water partition coefficient (Wildman–Crippen LogP) is 3.46. The molecule has 1 heterocycles. The lowest BCUT2D eigenvalue weighted by atomic mass is 10.1. The Morgan fingerprint density at radius 1 is 1.10 bits per heavy atom. The summed E-state index contributed by atoms with van der Waals surface area (Å²) in [5.41, 5.74) is 2.34. The third-order valence-corrected chi connectivity index (χ3v) is 6.78. The van der Waals surface area contributed by atoms with Crippen LogP contribution in [0.3, 0.4) is 0 Å². The van der Waals surface area contributed by atoms with Gasteiger partial charge in [-0.25, -0.2) is 12.8 Å². The van der Waals surface area contributed by atoms with Crippen LogP contribution in [0.5, 0.6) is 0 Å². The van der Waals surface area contributed by atoms with Crippen LogP contribution in [0.2, 0.25) is 0 Å². The van der Waals surface area contributed by atoms with Crippen LogP contribution in [0.4, 0.5) is 10.1 Å². The number of hydrogen-bond donors (Lipinski definition) is 1. The maximum Gasteiger partial charge on any atom is 0.235 e. The molecule has 31 heavy (non-hydrogen) atoms. The molecule has 0 aromatic heterocycles. The molecule has 1 aliphatic rings.